The monoisotopic (exact) mass is 333 g/mol. The molecule has 0 atom stereocenters. The summed E-state index contributed by atoms with van der Waals surface area (Å²) in [5.74, 6) is 0.684. The van der Waals surface area contributed by atoms with Gasteiger partial charge in [-0.15, -0.1) is 0 Å². The first-order chi connectivity index (χ1) is 9.24. The van der Waals surface area contributed by atoms with E-state index in [-0.39, 0.29) is 5.35 Å². The van der Waals surface area contributed by atoms with Crippen molar-refractivity contribution < 1.29 is 4.42 Å². The Morgan fingerprint density at radius 1 is 0.947 bits per heavy atom. The SMILES string of the molecule is Clc1nc(-c2cccc(Br)c2)c(-c2ccccc2)o1. The van der Waals surface area contributed by atoms with Crippen LogP contribution in [0.25, 0.3) is 22.6 Å². The number of hydrogen-bond acceptors (Lipinski definition) is 2. The number of aromatic nitrogens is 1. The second kappa shape index (κ2) is 5.19. The maximum absolute atomic E-state index is 5.92. The van der Waals surface area contributed by atoms with Crippen LogP contribution in [0.3, 0.4) is 0 Å². The third kappa shape index (κ3) is 2.57. The van der Waals surface area contributed by atoms with E-state index in [2.05, 4.69) is 20.9 Å². The van der Waals surface area contributed by atoms with Crippen LogP contribution in [-0.4, -0.2) is 4.98 Å². The van der Waals surface area contributed by atoms with Gasteiger partial charge in [0.15, 0.2) is 5.76 Å². The number of rotatable bonds is 2. The van der Waals surface area contributed by atoms with E-state index in [9.17, 15) is 0 Å². The molecule has 0 N–H and O–H groups in total. The van der Waals surface area contributed by atoms with Crippen molar-refractivity contribution in [2.45, 2.75) is 0 Å². The van der Waals surface area contributed by atoms with Crippen LogP contribution in [0, 0.1) is 0 Å². The Morgan fingerprint density at radius 2 is 1.68 bits per heavy atom. The molecule has 0 aliphatic heterocycles. The topological polar surface area (TPSA) is 26.0 Å². The van der Waals surface area contributed by atoms with Crippen molar-refractivity contribution in [3.63, 3.8) is 0 Å². The maximum atomic E-state index is 5.92. The lowest BCUT2D eigenvalue weighted by Gasteiger charge is -2.01. The fourth-order valence-electron chi connectivity index (χ4n) is 1.91. The molecular formula is C15H9BrClNO. The molecule has 0 fully saturated rings. The molecule has 3 rings (SSSR count). The molecule has 0 saturated carbocycles. The Bertz CT molecular complexity index is 709. The molecule has 0 bridgehead atoms. The van der Waals surface area contributed by atoms with E-state index in [0.29, 0.717) is 5.76 Å². The summed E-state index contributed by atoms with van der Waals surface area (Å²) in [5.41, 5.74) is 2.67. The van der Waals surface area contributed by atoms with Crippen molar-refractivity contribution in [3.05, 3.63) is 64.4 Å². The normalized spacial score (nSPS) is 10.6. The summed E-state index contributed by atoms with van der Waals surface area (Å²) in [4.78, 5) is 4.28. The van der Waals surface area contributed by atoms with Crippen molar-refractivity contribution in [1.82, 2.24) is 4.98 Å². The predicted molar refractivity (Wildman–Crippen MR) is 80.1 cm³/mol. The quantitative estimate of drug-likeness (QED) is 0.625. The van der Waals surface area contributed by atoms with Crippen LogP contribution in [0.4, 0.5) is 0 Å². The molecule has 0 saturated heterocycles. The second-order valence-corrected chi connectivity index (χ2v) is 5.26. The number of hydrogen-bond donors (Lipinski definition) is 0. The number of oxazole rings is 1. The highest BCUT2D eigenvalue weighted by Crippen LogP contribution is 2.34. The summed E-state index contributed by atoms with van der Waals surface area (Å²) in [6, 6.07) is 17.7. The van der Waals surface area contributed by atoms with E-state index < -0.39 is 0 Å². The Hall–Kier alpha value is -1.58. The summed E-state index contributed by atoms with van der Waals surface area (Å²) in [6.07, 6.45) is 0. The van der Waals surface area contributed by atoms with Crippen LogP contribution in [-0.2, 0) is 0 Å². The van der Waals surface area contributed by atoms with E-state index in [0.717, 1.165) is 21.3 Å². The summed E-state index contributed by atoms with van der Waals surface area (Å²) in [7, 11) is 0. The van der Waals surface area contributed by atoms with Gasteiger partial charge in [-0.3, -0.25) is 0 Å². The zero-order valence-electron chi connectivity index (χ0n) is 9.81. The summed E-state index contributed by atoms with van der Waals surface area (Å²) >= 11 is 9.37. The summed E-state index contributed by atoms with van der Waals surface area (Å²) < 4.78 is 6.52. The average molecular weight is 335 g/mol. The minimum absolute atomic E-state index is 0.147. The average Bonchev–Trinajstić information content (AvgIpc) is 2.82. The molecule has 0 amide bonds. The molecule has 0 radical (unpaired) electrons. The van der Waals surface area contributed by atoms with Gasteiger partial charge < -0.3 is 4.42 Å². The largest absolute Gasteiger partial charge is 0.427 e. The number of nitrogens with zero attached hydrogens (tertiary/aromatic N) is 1. The highest BCUT2D eigenvalue weighted by Gasteiger charge is 2.15. The summed E-state index contributed by atoms with van der Waals surface area (Å²) in [5, 5.41) is 0.147. The van der Waals surface area contributed by atoms with Crippen LogP contribution >= 0.6 is 27.5 Å². The standard InChI is InChI=1S/C15H9BrClNO/c16-12-8-4-7-11(9-12)13-14(19-15(17)18-13)10-5-2-1-3-6-10/h1-9H. The van der Waals surface area contributed by atoms with Crippen LogP contribution in [0.2, 0.25) is 5.35 Å². The molecule has 2 aromatic carbocycles. The third-order valence-electron chi connectivity index (χ3n) is 2.74. The van der Waals surface area contributed by atoms with E-state index in [1.165, 1.54) is 0 Å². The minimum atomic E-state index is 0.147. The molecule has 4 heteroatoms. The lowest BCUT2D eigenvalue weighted by molar-refractivity contribution is 0.574. The van der Waals surface area contributed by atoms with Crippen LogP contribution in [0.15, 0.2) is 63.5 Å². The van der Waals surface area contributed by atoms with Gasteiger partial charge in [0.25, 0.3) is 5.35 Å². The molecular weight excluding hydrogens is 326 g/mol. The van der Waals surface area contributed by atoms with Crippen molar-refractivity contribution in [1.29, 1.82) is 0 Å². The predicted octanol–water partition coefficient (Wildman–Crippen LogP) is 5.42. The van der Waals surface area contributed by atoms with Crippen molar-refractivity contribution in [2.24, 2.45) is 0 Å². The Morgan fingerprint density at radius 3 is 2.42 bits per heavy atom. The molecule has 0 aliphatic rings. The highest BCUT2D eigenvalue weighted by atomic mass is 79.9. The van der Waals surface area contributed by atoms with E-state index in [1.54, 1.807) is 0 Å². The molecule has 3 aromatic rings. The zero-order valence-corrected chi connectivity index (χ0v) is 12.1. The Kier molecular flexibility index (Phi) is 3.40. The van der Waals surface area contributed by atoms with Crippen molar-refractivity contribution >= 4 is 27.5 Å². The molecule has 1 aromatic heterocycles. The highest BCUT2D eigenvalue weighted by molar-refractivity contribution is 9.10. The van der Waals surface area contributed by atoms with Gasteiger partial charge in [0.05, 0.1) is 0 Å². The maximum Gasteiger partial charge on any atom is 0.293 e. The Labute approximate surface area is 124 Å². The van der Waals surface area contributed by atoms with Crippen LogP contribution in [0.1, 0.15) is 0 Å². The van der Waals surface area contributed by atoms with E-state index in [4.69, 9.17) is 16.0 Å². The van der Waals surface area contributed by atoms with Gasteiger partial charge in [0.1, 0.15) is 5.69 Å². The molecule has 0 spiro atoms. The summed E-state index contributed by atoms with van der Waals surface area (Å²) in [6.45, 7) is 0. The number of halogens is 2. The first-order valence-corrected chi connectivity index (χ1v) is 6.89. The van der Waals surface area contributed by atoms with Gasteiger partial charge in [-0.1, -0.05) is 58.4 Å². The molecule has 0 unspecified atom stereocenters. The van der Waals surface area contributed by atoms with Gasteiger partial charge >= 0.3 is 0 Å². The van der Waals surface area contributed by atoms with Crippen molar-refractivity contribution in [2.75, 3.05) is 0 Å². The fraction of sp³-hybridized carbons (Fsp3) is 0. The van der Waals surface area contributed by atoms with Gasteiger partial charge in [-0.05, 0) is 23.7 Å². The first-order valence-electron chi connectivity index (χ1n) is 5.72. The second-order valence-electron chi connectivity index (χ2n) is 4.02. The zero-order chi connectivity index (χ0) is 13.2. The smallest absolute Gasteiger partial charge is 0.293 e. The van der Waals surface area contributed by atoms with Gasteiger partial charge in [-0.25, -0.2) is 0 Å². The van der Waals surface area contributed by atoms with Crippen LogP contribution in [0.5, 0.6) is 0 Å². The van der Waals surface area contributed by atoms with Gasteiger partial charge in [-0.2, -0.15) is 4.98 Å². The molecule has 0 aliphatic carbocycles. The van der Waals surface area contributed by atoms with Crippen LogP contribution < -0.4 is 0 Å². The minimum Gasteiger partial charge on any atom is -0.427 e. The van der Waals surface area contributed by atoms with E-state index >= 15 is 0 Å². The lowest BCUT2D eigenvalue weighted by Crippen LogP contribution is -1.82. The first kappa shape index (κ1) is 12.5. The van der Waals surface area contributed by atoms with E-state index in [1.807, 2.05) is 54.6 Å². The fourth-order valence-corrected chi connectivity index (χ4v) is 2.47. The molecule has 1 heterocycles. The third-order valence-corrected chi connectivity index (χ3v) is 3.39. The molecule has 2 nitrogen and oxygen atoms in total. The van der Waals surface area contributed by atoms with Crippen molar-refractivity contribution in [3.8, 4) is 22.6 Å². The van der Waals surface area contributed by atoms with Gasteiger partial charge in [0.2, 0.25) is 0 Å². The molecule has 19 heavy (non-hydrogen) atoms. The molecule has 94 valence electrons. The lowest BCUT2D eigenvalue weighted by atomic mass is 10.1. The number of benzene rings is 2. The van der Waals surface area contributed by atoms with Gasteiger partial charge in [0, 0.05) is 15.6 Å². The Balaban J connectivity index is 2.18.